The molecule has 0 bridgehead atoms. The summed E-state index contributed by atoms with van der Waals surface area (Å²) < 4.78 is 2.09. The molecule has 0 fully saturated rings. The second kappa shape index (κ2) is 6.35. The molecule has 112 valence electrons. The van der Waals surface area contributed by atoms with Gasteiger partial charge in [0.05, 0.1) is 5.52 Å². The van der Waals surface area contributed by atoms with Gasteiger partial charge in [0, 0.05) is 23.1 Å². The molecule has 2 aromatic rings. The second-order valence-corrected chi connectivity index (χ2v) is 5.51. The summed E-state index contributed by atoms with van der Waals surface area (Å²) in [7, 11) is 0. The van der Waals surface area contributed by atoms with Crippen LogP contribution in [0.3, 0.4) is 0 Å². The fourth-order valence-electron chi connectivity index (χ4n) is 2.62. The molecule has 0 aliphatic rings. The third-order valence-corrected chi connectivity index (χ3v) is 4.07. The number of carboxylic acid groups (broad SMARTS) is 1. The molecule has 3 nitrogen and oxygen atoms in total. The van der Waals surface area contributed by atoms with E-state index in [-0.39, 0.29) is 5.57 Å². The van der Waals surface area contributed by atoms with E-state index < -0.39 is 5.97 Å². The van der Waals surface area contributed by atoms with Gasteiger partial charge >= 0.3 is 5.97 Å². The maximum Gasteiger partial charge on any atom is 0.331 e. The van der Waals surface area contributed by atoms with E-state index in [1.54, 1.807) is 13.0 Å². The summed E-state index contributed by atoms with van der Waals surface area (Å²) in [5.41, 5.74) is 3.44. The van der Waals surface area contributed by atoms with Crippen molar-refractivity contribution in [3.8, 4) is 0 Å². The lowest BCUT2D eigenvalue weighted by Gasteiger charge is -2.08. The van der Waals surface area contributed by atoms with Crippen LogP contribution in [0.2, 0.25) is 5.15 Å². The number of nitrogens with zero attached hydrogens (tertiary/aromatic N) is 1. The van der Waals surface area contributed by atoms with Gasteiger partial charge in [0.2, 0.25) is 0 Å². The highest BCUT2D eigenvalue weighted by molar-refractivity contribution is 6.33. The Morgan fingerprint density at radius 3 is 2.67 bits per heavy atom. The van der Waals surface area contributed by atoms with Gasteiger partial charge in [0.1, 0.15) is 5.15 Å². The highest BCUT2D eigenvalue weighted by Gasteiger charge is 2.16. The smallest absolute Gasteiger partial charge is 0.331 e. The Morgan fingerprint density at radius 2 is 2.10 bits per heavy atom. The topological polar surface area (TPSA) is 42.2 Å². The summed E-state index contributed by atoms with van der Waals surface area (Å²) in [6.07, 6.45) is 3.56. The molecule has 0 unspecified atom stereocenters. The van der Waals surface area contributed by atoms with E-state index in [1.807, 2.05) is 12.1 Å². The highest BCUT2D eigenvalue weighted by Crippen LogP contribution is 2.34. The first kappa shape index (κ1) is 15.6. The fourth-order valence-corrected chi connectivity index (χ4v) is 2.94. The van der Waals surface area contributed by atoms with Gasteiger partial charge in [-0.25, -0.2) is 4.79 Å². The van der Waals surface area contributed by atoms with Gasteiger partial charge in [-0.3, -0.25) is 0 Å². The number of fused-ring (bicyclic) bond motifs is 1. The van der Waals surface area contributed by atoms with E-state index in [4.69, 9.17) is 16.7 Å². The second-order valence-electron chi connectivity index (χ2n) is 5.16. The average molecular weight is 306 g/mol. The highest BCUT2D eigenvalue weighted by atomic mass is 35.5. The lowest BCUT2D eigenvalue weighted by Crippen LogP contribution is -1.99. The Morgan fingerprint density at radius 1 is 1.38 bits per heavy atom. The molecule has 1 heterocycles. The largest absolute Gasteiger partial charge is 0.478 e. The molecule has 0 aliphatic heterocycles. The van der Waals surface area contributed by atoms with Gasteiger partial charge < -0.3 is 9.67 Å². The molecule has 1 N–H and O–H groups in total. The SMILES string of the molecule is CCCn1c(Cl)c(/C=C(\C)C(=O)O)c2cccc(CC)c21. The lowest BCUT2D eigenvalue weighted by atomic mass is 10.1. The summed E-state index contributed by atoms with van der Waals surface area (Å²) in [5, 5.41) is 10.7. The number of aromatic nitrogens is 1. The van der Waals surface area contributed by atoms with Crippen molar-refractivity contribution in [1.82, 2.24) is 4.57 Å². The van der Waals surface area contributed by atoms with Crippen molar-refractivity contribution >= 4 is 34.5 Å². The minimum atomic E-state index is -0.922. The van der Waals surface area contributed by atoms with Crippen LogP contribution in [0.1, 0.15) is 38.3 Å². The first-order valence-corrected chi connectivity index (χ1v) is 7.60. The first-order chi connectivity index (χ1) is 10.0. The van der Waals surface area contributed by atoms with Crippen LogP contribution >= 0.6 is 11.6 Å². The number of carbonyl (C=O) groups is 1. The summed E-state index contributed by atoms with van der Waals surface area (Å²) in [6, 6.07) is 6.11. The van der Waals surface area contributed by atoms with Crippen molar-refractivity contribution < 1.29 is 9.90 Å². The molecule has 21 heavy (non-hydrogen) atoms. The maximum atomic E-state index is 11.1. The first-order valence-electron chi connectivity index (χ1n) is 7.22. The molecular weight excluding hydrogens is 286 g/mol. The summed E-state index contributed by atoms with van der Waals surface area (Å²) >= 11 is 6.53. The Labute approximate surface area is 129 Å². The van der Waals surface area contributed by atoms with Crippen LogP contribution in [0, 0.1) is 0 Å². The zero-order chi connectivity index (χ0) is 15.6. The van der Waals surface area contributed by atoms with Crippen LogP contribution in [0.4, 0.5) is 0 Å². The molecule has 0 saturated heterocycles. The van der Waals surface area contributed by atoms with Crippen LogP contribution in [-0.4, -0.2) is 15.6 Å². The van der Waals surface area contributed by atoms with Gasteiger partial charge in [0.15, 0.2) is 0 Å². The third kappa shape index (κ3) is 2.84. The number of benzene rings is 1. The molecule has 0 saturated carbocycles. The predicted octanol–water partition coefficient (Wildman–Crippen LogP) is 4.76. The van der Waals surface area contributed by atoms with Crippen molar-refractivity contribution in [2.24, 2.45) is 0 Å². The van der Waals surface area contributed by atoms with Gasteiger partial charge in [-0.2, -0.15) is 0 Å². The molecule has 2 rings (SSSR count). The van der Waals surface area contributed by atoms with Gasteiger partial charge in [-0.1, -0.05) is 43.6 Å². The number of hydrogen-bond acceptors (Lipinski definition) is 1. The minimum Gasteiger partial charge on any atom is -0.478 e. The van der Waals surface area contributed by atoms with Crippen LogP contribution in [-0.2, 0) is 17.8 Å². The van der Waals surface area contributed by atoms with Crippen molar-refractivity contribution in [3.63, 3.8) is 0 Å². The minimum absolute atomic E-state index is 0.286. The maximum absolute atomic E-state index is 11.1. The zero-order valence-corrected chi connectivity index (χ0v) is 13.4. The Hall–Kier alpha value is -1.74. The number of carboxylic acids is 1. The number of hydrogen-bond donors (Lipinski definition) is 1. The van der Waals surface area contributed by atoms with Crippen LogP contribution in [0.5, 0.6) is 0 Å². The van der Waals surface area contributed by atoms with Crippen LogP contribution in [0.15, 0.2) is 23.8 Å². The summed E-state index contributed by atoms with van der Waals surface area (Å²) in [4.78, 5) is 11.1. The Balaban J connectivity index is 2.80. The van der Waals surface area contributed by atoms with Crippen LogP contribution < -0.4 is 0 Å². The molecule has 0 aliphatic carbocycles. The molecule has 1 aromatic heterocycles. The predicted molar refractivity (Wildman–Crippen MR) is 87.9 cm³/mol. The molecule has 1 aromatic carbocycles. The lowest BCUT2D eigenvalue weighted by molar-refractivity contribution is -0.132. The van der Waals surface area contributed by atoms with Gasteiger partial charge in [-0.15, -0.1) is 0 Å². The van der Waals surface area contributed by atoms with E-state index in [0.717, 1.165) is 35.9 Å². The summed E-state index contributed by atoms with van der Waals surface area (Å²) in [5.74, 6) is -0.922. The Kier molecular flexibility index (Phi) is 4.73. The van der Waals surface area contributed by atoms with Gasteiger partial charge in [-0.05, 0) is 31.4 Å². The number of aryl methyl sites for hydroxylation is 2. The zero-order valence-electron chi connectivity index (χ0n) is 12.6. The monoisotopic (exact) mass is 305 g/mol. The number of rotatable bonds is 5. The molecule has 0 amide bonds. The van der Waals surface area contributed by atoms with E-state index in [1.165, 1.54) is 5.56 Å². The van der Waals surface area contributed by atoms with Crippen molar-refractivity contribution in [3.05, 3.63) is 40.1 Å². The standard InChI is InChI=1S/C17H20ClNO2/c1-4-9-19-15-12(5-2)7-6-8-13(15)14(16(19)18)10-11(3)17(20)21/h6-8,10H,4-5,9H2,1-3H3,(H,20,21)/b11-10+. The van der Waals surface area contributed by atoms with Crippen molar-refractivity contribution in [1.29, 1.82) is 0 Å². The number of halogens is 1. The average Bonchev–Trinajstić information content (AvgIpc) is 2.73. The van der Waals surface area contributed by atoms with E-state index >= 15 is 0 Å². The molecule has 0 spiro atoms. The number of aliphatic carboxylic acids is 1. The van der Waals surface area contributed by atoms with Crippen molar-refractivity contribution in [2.45, 2.75) is 40.2 Å². The fraction of sp³-hybridized carbons (Fsp3) is 0.353. The quantitative estimate of drug-likeness (QED) is 0.810. The van der Waals surface area contributed by atoms with E-state index in [9.17, 15) is 4.79 Å². The van der Waals surface area contributed by atoms with Gasteiger partial charge in [0.25, 0.3) is 0 Å². The Bertz CT molecular complexity index is 713. The molecule has 0 atom stereocenters. The number of para-hydroxylation sites is 1. The van der Waals surface area contributed by atoms with Crippen LogP contribution in [0.25, 0.3) is 17.0 Å². The molecule has 0 radical (unpaired) electrons. The molecular formula is C17H20ClNO2. The van der Waals surface area contributed by atoms with E-state index in [0.29, 0.717) is 5.15 Å². The molecule has 4 heteroatoms. The normalized spacial score (nSPS) is 12.1. The van der Waals surface area contributed by atoms with E-state index in [2.05, 4.69) is 24.5 Å². The third-order valence-electron chi connectivity index (χ3n) is 3.67. The van der Waals surface area contributed by atoms with Crippen molar-refractivity contribution in [2.75, 3.05) is 0 Å². The summed E-state index contributed by atoms with van der Waals surface area (Å²) in [6.45, 7) is 6.64.